The monoisotopic (exact) mass is 334 g/mol. The van der Waals surface area contributed by atoms with Crippen LogP contribution in [0.4, 0.5) is 0 Å². The van der Waals surface area contributed by atoms with Crippen molar-refractivity contribution in [1.29, 1.82) is 0 Å². The van der Waals surface area contributed by atoms with Crippen LogP contribution in [-0.4, -0.2) is 23.1 Å². The highest BCUT2D eigenvalue weighted by Gasteiger charge is 2.59. The van der Waals surface area contributed by atoms with Crippen molar-refractivity contribution in [2.24, 2.45) is 10.8 Å². The van der Waals surface area contributed by atoms with E-state index in [1.807, 2.05) is 31.0 Å². The summed E-state index contributed by atoms with van der Waals surface area (Å²) in [5.74, 6) is 0.313. The lowest BCUT2D eigenvalue weighted by molar-refractivity contribution is -0.120. The van der Waals surface area contributed by atoms with Crippen molar-refractivity contribution in [3.63, 3.8) is 0 Å². The topological polar surface area (TPSA) is 29.5 Å². The van der Waals surface area contributed by atoms with Crippen molar-refractivity contribution in [2.45, 2.75) is 64.2 Å². The Morgan fingerprint density at radius 1 is 1.00 bits per heavy atom. The molecule has 2 unspecified atom stereocenters. The Labute approximate surface area is 145 Å². The Bertz CT molecular complexity index is 613. The van der Waals surface area contributed by atoms with E-state index >= 15 is 0 Å². The number of thioether (sulfide) groups is 1. The third kappa shape index (κ3) is 2.62. The molecular formula is C20H30O2S. The van der Waals surface area contributed by atoms with E-state index in [9.17, 15) is 5.11 Å². The van der Waals surface area contributed by atoms with E-state index in [2.05, 4.69) is 48.5 Å². The van der Waals surface area contributed by atoms with E-state index in [1.165, 1.54) is 16.0 Å². The maximum absolute atomic E-state index is 9.51. The number of aromatic hydroxyl groups is 1. The lowest BCUT2D eigenvalue weighted by Crippen LogP contribution is -2.60. The SMILES string of the molecule is COC1(C)C(C)=C(C)C(Sc2ccc(O)cc2)C(C)(C)C1(C)C. The van der Waals surface area contributed by atoms with Crippen molar-refractivity contribution < 1.29 is 9.84 Å². The minimum absolute atomic E-state index is 0.0209. The first kappa shape index (κ1) is 18.4. The molecule has 0 spiro atoms. The number of hydrogen-bond acceptors (Lipinski definition) is 3. The number of ether oxygens (including phenoxy) is 1. The highest BCUT2D eigenvalue weighted by atomic mass is 32.2. The molecule has 23 heavy (non-hydrogen) atoms. The first-order valence-corrected chi connectivity index (χ1v) is 9.05. The summed E-state index contributed by atoms with van der Waals surface area (Å²) in [7, 11) is 1.82. The maximum Gasteiger partial charge on any atom is 0.115 e. The molecule has 0 saturated heterocycles. The molecule has 1 aromatic carbocycles. The second-order valence-corrected chi connectivity index (χ2v) is 9.06. The molecule has 128 valence electrons. The smallest absolute Gasteiger partial charge is 0.115 e. The van der Waals surface area contributed by atoms with E-state index in [1.54, 1.807) is 12.1 Å². The first-order valence-electron chi connectivity index (χ1n) is 8.17. The second-order valence-electron chi connectivity index (χ2n) is 7.88. The lowest BCUT2D eigenvalue weighted by Gasteiger charge is -2.60. The first-order chi connectivity index (χ1) is 10.5. The van der Waals surface area contributed by atoms with E-state index in [0.29, 0.717) is 11.0 Å². The van der Waals surface area contributed by atoms with Crippen LogP contribution in [0.1, 0.15) is 48.5 Å². The summed E-state index contributed by atoms with van der Waals surface area (Å²) in [6.45, 7) is 16.0. The minimum Gasteiger partial charge on any atom is -0.508 e. The van der Waals surface area contributed by atoms with Gasteiger partial charge in [0.05, 0.1) is 5.60 Å². The summed E-state index contributed by atoms with van der Waals surface area (Å²) < 4.78 is 6.03. The van der Waals surface area contributed by atoms with Crippen molar-refractivity contribution >= 4 is 11.8 Å². The Kier molecular flexibility index (Phi) is 4.69. The molecule has 0 radical (unpaired) electrons. The van der Waals surface area contributed by atoms with Gasteiger partial charge in [-0.05, 0) is 56.0 Å². The van der Waals surface area contributed by atoms with Crippen molar-refractivity contribution in [3.8, 4) is 5.75 Å². The number of methoxy groups -OCH3 is 1. The van der Waals surface area contributed by atoms with Crippen molar-refractivity contribution in [3.05, 3.63) is 35.4 Å². The van der Waals surface area contributed by atoms with Crippen LogP contribution in [0.2, 0.25) is 0 Å². The molecule has 0 aliphatic heterocycles. The Balaban J connectivity index is 2.52. The number of phenolic OH excluding ortho intramolecular Hbond substituents is 1. The number of hydrogen-bond donors (Lipinski definition) is 1. The van der Waals surface area contributed by atoms with Gasteiger partial charge in [-0.25, -0.2) is 0 Å². The highest BCUT2D eigenvalue weighted by Crippen LogP contribution is 2.61. The maximum atomic E-state index is 9.51. The summed E-state index contributed by atoms with van der Waals surface area (Å²) in [4.78, 5) is 1.19. The minimum atomic E-state index is -0.271. The van der Waals surface area contributed by atoms with Crippen LogP contribution >= 0.6 is 11.8 Å². The van der Waals surface area contributed by atoms with Gasteiger partial charge in [0.25, 0.3) is 0 Å². The summed E-state index contributed by atoms with van der Waals surface area (Å²) in [6.07, 6.45) is 0. The molecule has 0 saturated carbocycles. The van der Waals surface area contributed by atoms with E-state index in [-0.39, 0.29) is 16.4 Å². The fourth-order valence-corrected chi connectivity index (χ4v) is 5.34. The van der Waals surface area contributed by atoms with Gasteiger partial charge < -0.3 is 9.84 Å². The van der Waals surface area contributed by atoms with Gasteiger partial charge in [-0.15, -0.1) is 11.8 Å². The van der Waals surface area contributed by atoms with E-state index in [0.717, 1.165) is 0 Å². The molecule has 1 aliphatic rings. The molecular weight excluding hydrogens is 304 g/mol. The summed E-state index contributed by atoms with van der Waals surface area (Å²) in [6, 6.07) is 7.51. The molecule has 2 rings (SSSR count). The predicted molar refractivity (Wildman–Crippen MR) is 99.1 cm³/mol. The fraction of sp³-hybridized carbons (Fsp3) is 0.600. The van der Waals surface area contributed by atoms with Crippen molar-refractivity contribution in [2.75, 3.05) is 7.11 Å². The van der Waals surface area contributed by atoms with Gasteiger partial charge in [-0.2, -0.15) is 0 Å². The molecule has 0 amide bonds. The van der Waals surface area contributed by atoms with Gasteiger partial charge in [0.1, 0.15) is 5.75 Å². The molecule has 1 aromatic rings. The summed E-state index contributed by atoms with van der Waals surface area (Å²) >= 11 is 1.88. The molecule has 3 heteroatoms. The normalized spacial score (nSPS) is 29.7. The molecule has 2 atom stereocenters. The van der Waals surface area contributed by atoms with Crippen LogP contribution in [0.5, 0.6) is 5.75 Å². The largest absolute Gasteiger partial charge is 0.508 e. The molecule has 1 N–H and O–H groups in total. The zero-order chi connectivity index (χ0) is 17.6. The van der Waals surface area contributed by atoms with Gasteiger partial charge in [-0.1, -0.05) is 33.3 Å². The summed E-state index contributed by atoms with van der Waals surface area (Å²) in [5, 5.41) is 9.87. The zero-order valence-electron chi connectivity index (χ0n) is 15.7. The van der Waals surface area contributed by atoms with Crippen molar-refractivity contribution in [1.82, 2.24) is 0 Å². The van der Waals surface area contributed by atoms with Gasteiger partial charge in [0, 0.05) is 22.7 Å². The van der Waals surface area contributed by atoms with Crippen LogP contribution in [0, 0.1) is 10.8 Å². The molecule has 0 bridgehead atoms. The van der Waals surface area contributed by atoms with Crippen LogP contribution in [-0.2, 0) is 4.74 Å². The van der Waals surface area contributed by atoms with Gasteiger partial charge >= 0.3 is 0 Å². The quantitative estimate of drug-likeness (QED) is 0.723. The van der Waals surface area contributed by atoms with Gasteiger partial charge in [0.15, 0.2) is 0 Å². The van der Waals surface area contributed by atoms with Crippen LogP contribution in [0.25, 0.3) is 0 Å². The average Bonchev–Trinajstić information content (AvgIpc) is 2.50. The standard InChI is InChI=1S/C20H30O2S/c1-13-14(2)20(7,22-8)19(5,6)18(3,4)17(13)23-16-11-9-15(21)10-12-16/h9-12,17,21H,1-8H3. The number of benzene rings is 1. The Hall–Kier alpha value is -0.930. The highest BCUT2D eigenvalue weighted by molar-refractivity contribution is 8.00. The molecule has 1 aliphatic carbocycles. The molecule has 0 fully saturated rings. The second kappa shape index (κ2) is 5.86. The van der Waals surface area contributed by atoms with Crippen LogP contribution in [0.15, 0.2) is 40.3 Å². The average molecular weight is 335 g/mol. The zero-order valence-corrected chi connectivity index (χ0v) is 16.5. The molecule has 2 nitrogen and oxygen atoms in total. The van der Waals surface area contributed by atoms with Crippen LogP contribution < -0.4 is 0 Å². The van der Waals surface area contributed by atoms with Crippen LogP contribution in [0.3, 0.4) is 0 Å². The molecule has 0 heterocycles. The predicted octanol–water partition coefficient (Wildman–Crippen LogP) is 5.66. The summed E-state index contributed by atoms with van der Waals surface area (Å²) in [5.41, 5.74) is 2.49. The third-order valence-electron chi connectivity index (χ3n) is 6.66. The third-order valence-corrected chi connectivity index (χ3v) is 8.38. The fourth-order valence-electron chi connectivity index (χ4n) is 3.83. The number of phenols is 1. The van der Waals surface area contributed by atoms with Gasteiger partial charge in [0.2, 0.25) is 0 Å². The number of rotatable bonds is 3. The Morgan fingerprint density at radius 2 is 1.52 bits per heavy atom. The Morgan fingerprint density at radius 3 is 2.00 bits per heavy atom. The van der Waals surface area contributed by atoms with Gasteiger partial charge in [-0.3, -0.25) is 0 Å². The molecule has 0 aromatic heterocycles. The van der Waals surface area contributed by atoms with E-state index < -0.39 is 0 Å². The van der Waals surface area contributed by atoms with E-state index in [4.69, 9.17) is 4.74 Å². The lowest BCUT2D eigenvalue weighted by atomic mass is 9.51.